The minimum atomic E-state index is -4.11. The smallest absolute Gasteiger partial charge is 0.261 e. The van der Waals surface area contributed by atoms with Crippen molar-refractivity contribution in [1.82, 2.24) is 10.2 Å². The molecule has 0 aromatic heterocycles. The molecule has 0 radical (unpaired) electrons. The summed E-state index contributed by atoms with van der Waals surface area (Å²) in [6, 6.07) is 20.0. The largest absolute Gasteiger partial charge is 0.496 e. The summed E-state index contributed by atoms with van der Waals surface area (Å²) < 4.78 is 34.6. The van der Waals surface area contributed by atoms with E-state index in [9.17, 15) is 18.0 Å². The number of anilines is 1. The van der Waals surface area contributed by atoms with Gasteiger partial charge in [-0.15, -0.1) is 0 Å². The molecule has 37 heavy (non-hydrogen) atoms. The Kier molecular flexibility index (Phi) is 8.13. The van der Waals surface area contributed by atoms with Crippen LogP contribution in [0.15, 0.2) is 77.7 Å². The molecule has 0 atom stereocenters. The minimum absolute atomic E-state index is 0.0958. The zero-order valence-corrected chi connectivity index (χ0v) is 21.8. The summed E-state index contributed by atoms with van der Waals surface area (Å²) in [6.45, 7) is 3.69. The van der Waals surface area contributed by atoms with Crippen LogP contribution in [0.25, 0.3) is 0 Å². The van der Waals surface area contributed by atoms with Crippen molar-refractivity contribution in [2.45, 2.75) is 31.2 Å². The van der Waals surface area contributed by atoms with Gasteiger partial charge in [-0.3, -0.25) is 14.3 Å². The number of rotatable bonds is 8. The summed E-state index contributed by atoms with van der Waals surface area (Å²) in [7, 11) is -2.67. The molecule has 9 heteroatoms. The van der Waals surface area contributed by atoms with Gasteiger partial charge in [0.1, 0.15) is 5.75 Å². The van der Waals surface area contributed by atoms with E-state index in [4.69, 9.17) is 4.74 Å². The Labute approximate surface area is 217 Å². The summed E-state index contributed by atoms with van der Waals surface area (Å²) in [6.07, 6.45) is 1.80. The van der Waals surface area contributed by atoms with Crippen molar-refractivity contribution in [3.63, 3.8) is 0 Å². The molecule has 1 heterocycles. The number of benzene rings is 3. The zero-order chi connectivity index (χ0) is 26.4. The van der Waals surface area contributed by atoms with E-state index < -0.39 is 15.9 Å². The van der Waals surface area contributed by atoms with Gasteiger partial charge in [0.05, 0.1) is 28.8 Å². The predicted octanol–water partition coefficient (Wildman–Crippen LogP) is 4.30. The van der Waals surface area contributed by atoms with E-state index in [0.29, 0.717) is 31.3 Å². The number of likely N-dealkylation sites (tertiary alicyclic amines) is 1. The van der Waals surface area contributed by atoms with Gasteiger partial charge >= 0.3 is 0 Å². The summed E-state index contributed by atoms with van der Waals surface area (Å²) >= 11 is 0. The molecular weight excluding hydrogens is 490 g/mol. The van der Waals surface area contributed by atoms with Crippen molar-refractivity contribution in [2.75, 3.05) is 24.9 Å². The topological polar surface area (TPSA) is 105 Å². The van der Waals surface area contributed by atoms with Crippen LogP contribution in [0.2, 0.25) is 0 Å². The first kappa shape index (κ1) is 26.2. The number of hydrogen-bond donors (Lipinski definition) is 2. The van der Waals surface area contributed by atoms with Crippen LogP contribution in [0.1, 0.15) is 46.0 Å². The van der Waals surface area contributed by atoms with Crippen molar-refractivity contribution < 1.29 is 22.7 Å². The molecule has 194 valence electrons. The van der Waals surface area contributed by atoms with E-state index in [2.05, 4.69) is 17.0 Å². The van der Waals surface area contributed by atoms with Crippen LogP contribution in [0, 0.1) is 5.92 Å². The van der Waals surface area contributed by atoms with Gasteiger partial charge in [0.25, 0.3) is 21.8 Å². The van der Waals surface area contributed by atoms with Gasteiger partial charge in [0, 0.05) is 19.6 Å². The van der Waals surface area contributed by atoms with Gasteiger partial charge in [-0.2, -0.15) is 0 Å². The normalized spacial score (nSPS) is 14.2. The van der Waals surface area contributed by atoms with Crippen LogP contribution < -0.4 is 14.8 Å². The Morgan fingerprint density at radius 2 is 1.62 bits per heavy atom. The van der Waals surface area contributed by atoms with E-state index in [-0.39, 0.29) is 27.6 Å². The molecular formula is C28H31N3O5S. The predicted molar refractivity (Wildman–Crippen MR) is 142 cm³/mol. The van der Waals surface area contributed by atoms with Gasteiger partial charge in [0.2, 0.25) is 0 Å². The molecule has 0 aliphatic carbocycles. The molecule has 1 aliphatic heterocycles. The summed E-state index contributed by atoms with van der Waals surface area (Å²) in [4.78, 5) is 27.7. The van der Waals surface area contributed by atoms with Crippen LogP contribution in [-0.2, 0) is 16.6 Å². The number of carbonyl (C=O) groups is 2. The van der Waals surface area contributed by atoms with Gasteiger partial charge < -0.3 is 15.0 Å². The SMILES string of the molecule is COc1ccc(S(=O)(=O)Nc2ccccc2C(=O)NCc2ccccc2)cc1C(=O)N1CCC(C)CC1. The van der Waals surface area contributed by atoms with Crippen LogP contribution in [0.5, 0.6) is 5.75 Å². The Hall–Kier alpha value is -3.85. The third-order valence-corrected chi connectivity index (χ3v) is 7.86. The number of carbonyl (C=O) groups excluding carboxylic acids is 2. The molecule has 1 fully saturated rings. The van der Waals surface area contributed by atoms with E-state index in [0.717, 1.165) is 18.4 Å². The highest BCUT2D eigenvalue weighted by atomic mass is 32.2. The fourth-order valence-corrected chi connectivity index (χ4v) is 5.36. The van der Waals surface area contributed by atoms with Crippen molar-refractivity contribution >= 4 is 27.5 Å². The molecule has 4 rings (SSSR count). The number of amides is 2. The highest BCUT2D eigenvalue weighted by molar-refractivity contribution is 7.92. The van der Waals surface area contributed by atoms with E-state index in [1.807, 2.05) is 30.3 Å². The molecule has 3 aromatic carbocycles. The third-order valence-electron chi connectivity index (χ3n) is 6.49. The number of hydrogen-bond acceptors (Lipinski definition) is 5. The maximum atomic E-state index is 13.3. The monoisotopic (exact) mass is 521 g/mol. The number of para-hydroxylation sites is 1. The second kappa shape index (κ2) is 11.5. The van der Waals surface area contributed by atoms with Crippen LogP contribution >= 0.6 is 0 Å². The molecule has 3 aromatic rings. The third kappa shape index (κ3) is 6.29. The van der Waals surface area contributed by atoms with E-state index >= 15 is 0 Å². The highest BCUT2D eigenvalue weighted by Gasteiger charge is 2.26. The number of ether oxygens (including phenoxy) is 1. The quantitative estimate of drug-likeness (QED) is 0.460. The number of piperidine rings is 1. The van der Waals surface area contributed by atoms with Crippen LogP contribution in [-0.4, -0.2) is 45.3 Å². The lowest BCUT2D eigenvalue weighted by molar-refractivity contribution is 0.0693. The van der Waals surface area contributed by atoms with Gasteiger partial charge in [0.15, 0.2) is 0 Å². The second-order valence-corrected chi connectivity index (χ2v) is 10.8. The maximum absolute atomic E-state index is 13.3. The minimum Gasteiger partial charge on any atom is -0.496 e. The number of methoxy groups -OCH3 is 1. The average Bonchev–Trinajstić information content (AvgIpc) is 2.92. The Morgan fingerprint density at radius 1 is 0.946 bits per heavy atom. The lowest BCUT2D eigenvalue weighted by Crippen LogP contribution is -2.38. The van der Waals surface area contributed by atoms with Crippen molar-refractivity contribution in [3.8, 4) is 5.75 Å². The molecule has 0 unspecified atom stereocenters. The first-order valence-electron chi connectivity index (χ1n) is 12.2. The van der Waals surface area contributed by atoms with E-state index in [1.54, 1.807) is 23.1 Å². The number of nitrogens with one attached hydrogen (secondary N) is 2. The molecule has 2 amide bonds. The lowest BCUT2D eigenvalue weighted by Gasteiger charge is -2.30. The second-order valence-electron chi connectivity index (χ2n) is 9.16. The van der Waals surface area contributed by atoms with Gasteiger partial charge in [-0.05, 0) is 54.7 Å². The van der Waals surface area contributed by atoms with Crippen LogP contribution in [0.4, 0.5) is 5.69 Å². The molecule has 0 saturated carbocycles. The van der Waals surface area contributed by atoms with Crippen molar-refractivity contribution in [3.05, 3.63) is 89.5 Å². The molecule has 8 nitrogen and oxygen atoms in total. The van der Waals surface area contributed by atoms with Crippen molar-refractivity contribution in [1.29, 1.82) is 0 Å². The highest BCUT2D eigenvalue weighted by Crippen LogP contribution is 2.28. The summed E-state index contributed by atoms with van der Waals surface area (Å²) in [5.41, 5.74) is 1.44. The average molecular weight is 522 g/mol. The van der Waals surface area contributed by atoms with Crippen LogP contribution in [0.3, 0.4) is 0 Å². The number of sulfonamides is 1. The fraction of sp³-hybridized carbons (Fsp3) is 0.286. The Morgan fingerprint density at radius 3 is 2.32 bits per heavy atom. The maximum Gasteiger partial charge on any atom is 0.261 e. The first-order valence-corrected chi connectivity index (χ1v) is 13.7. The van der Waals surface area contributed by atoms with Gasteiger partial charge in [-0.1, -0.05) is 49.4 Å². The first-order chi connectivity index (χ1) is 17.8. The summed E-state index contributed by atoms with van der Waals surface area (Å²) in [5, 5.41) is 2.82. The lowest BCUT2D eigenvalue weighted by atomic mass is 9.98. The molecule has 1 aliphatic rings. The fourth-order valence-electron chi connectivity index (χ4n) is 4.25. The van der Waals surface area contributed by atoms with E-state index in [1.165, 1.54) is 31.4 Å². The Balaban J connectivity index is 1.56. The molecule has 2 N–H and O–H groups in total. The zero-order valence-electron chi connectivity index (χ0n) is 20.9. The molecule has 1 saturated heterocycles. The molecule has 0 spiro atoms. The summed E-state index contributed by atoms with van der Waals surface area (Å²) in [5.74, 6) is 0.184. The molecule has 0 bridgehead atoms. The van der Waals surface area contributed by atoms with Gasteiger partial charge in [-0.25, -0.2) is 8.42 Å². The van der Waals surface area contributed by atoms with Crippen molar-refractivity contribution in [2.24, 2.45) is 5.92 Å². The standard InChI is InChI=1S/C28H31N3O5S/c1-20-14-16-31(17-15-20)28(33)24-18-22(12-13-26(24)36-2)37(34,35)30-25-11-7-6-10-23(25)27(32)29-19-21-8-4-3-5-9-21/h3-13,18,20,30H,14-17,19H2,1-2H3,(H,29,32). The Bertz CT molecular complexity index is 1370. The number of nitrogens with zero attached hydrogens (tertiary/aromatic N) is 1.